The molecule has 1 heterocycles. The van der Waals surface area contributed by atoms with E-state index in [2.05, 4.69) is 15.4 Å². The van der Waals surface area contributed by atoms with Crippen molar-refractivity contribution in [2.24, 2.45) is 0 Å². The zero-order valence-corrected chi connectivity index (χ0v) is 14.3. The van der Waals surface area contributed by atoms with Gasteiger partial charge in [-0.15, -0.1) is 10.2 Å². The van der Waals surface area contributed by atoms with Gasteiger partial charge in [0.2, 0.25) is 11.7 Å². The van der Waals surface area contributed by atoms with Gasteiger partial charge in [0.15, 0.2) is 0 Å². The molecular formula is C18H17F2N5O. The standard InChI is InChI=1S/C18H17F2N5O/c1-12(18(26)24(2)11-13-5-3-7-15(19)9-13)25-22-17(21-23-25)14-6-4-8-16(20)10-14/h3-10,12H,11H2,1-2H3. The van der Waals surface area contributed by atoms with Gasteiger partial charge in [-0.25, -0.2) is 8.78 Å². The summed E-state index contributed by atoms with van der Waals surface area (Å²) >= 11 is 0. The van der Waals surface area contributed by atoms with Crippen molar-refractivity contribution < 1.29 is 13.6 Å². The predicted octanol–water partition coefficient (Wildman–Crippen LogP) is 2.84. The van der Waals surface area contributed by atoms with Crippen LogP contribution in [0.5, 0.6) is 0 Å². The van der Waals surface area contributed by atoms with Crippen LogP contribution >= 0.6 is 0 Å². The van der Waals surface area contributed by atoms with Crippen LogP contribution in [0, 0.1) is 11.6 Å². The summed E-state index contributed by atoms with van der Waals surface area (Å²) < 4.78 is 26.6. The molecule has 3 aromatic rings. The number of rotatable bonds is 5. The van der Waals surface area contributed by atoms with Gasteiger partial charge in [0.25, 0.3) is 0 Å². The predicted molar refractivity (Wildman–Crippen MR) is 90.8 cm³/mol. The SMILES string of the molecule is CC(C(=O)N(C)Cc1cccc(F)c1)n1nnc(-c2cccc(F)c2)n1. The van der Waals surface area contributed by atoms with Crippen LogP contribution in [-0.2, 0) is 11.3 Å². The second-order valence-corrected chi connectivity index (χ2v) is 5.94. The largest absolute Gasteiger partial charge is 0.340 e. The van der Waals surface area contributed by atoms with Gasteiger partial charge in [0.1, 0.15) is 17.7 Å². The van der Waals surface area contributed by atoms with Crippen molar-refractivity contribution in [3.63, 3.8) is 0 Å². The van der Waals surface area contributed by atoms with Gasteiger partial charge in [0, 0.05) is 19.2 Å². The number of tetrazole rings is 1. The lowest BCUT2D eigenvalue weighted by molar-refractivity contribution is -0.134. The number of hydrogen-bond acceptors (Lipinski definition) is 4. The first-order valence-corrected chi connectivity index (χ1v) is 7.99. The van der Waals surface area contributed by atoms with Crippen molar-refractivity contribution in [2.45, 2.75) is 19.5 Å². The van der Waals surface area contributed by atoms with E-state index in [4.69, 9.17) is 0 Å². The third-order valence-corrected chi connectivity index (χ3v) is 3.90. The molecule has 0 aliphatic carbocycles. The molecule has 1 atom stereocenters. The summed E-state index contributed by atoms with van der Waals surface area (Å²) in [6.07, 6.45) is 0. The third kappa shape index (κ3) is 3.90. The molecule has 26 heavy (non-hydrogen) atoms. The van der Waals surface area contributed by atoms with E-state index in [0.717, 1.165) is 0 Å². The molecule has 0 fully saturated rings. The molecule has 0 bridgehead atoms. The molecule has 0 spiro atoms. The third-order valence-electron chi connectivity index (χ3n) is 3.90. The first-order valence-electron chi connectivity index (χ1n) is 7.99. The number of hydrogen-bond donors (Lipinski definition) is 0. The highest BCUT2D eigenvalue weighted by molar-refractivity contribution is 5.79. The quantitative estimate of drug-likeness (QED) is 0.704. The number of carbonyl (C=O) groups excluding carboxylic acids is 1. The summed E-state index contributed by atoms with van der Waals surface area (Å²) in [7, 11) is 1.62. The van der Waals surface area contributed by atoms with E-state index in [1.165, 1.54) is 34.0 Å². The summed E-state index contributed by atoms with van der Waals surface area (Å²) in [5.74, 6) is -0.777. The lowest BCUT2D eigenvalue weighted by Crippen LogP contribution is -2.33. The molecule has 0 saturated heterocycles. The molecule has 2 aromatic carbocycles. The second kappa shape index (κ2) is 7.38. The molecule has 134 valence electrons. The van der Waals surface area contributed by atoms with Crippen molar-refractivity contribution in [3.05, 3.63) is 65.7 Å². The highest BCUT2D eigenvalue weighted by Crippen LogP contribution is 2.16. The first-order chi connectivity index (χ1) is 12.4. The smallest absolute Gasteiger partial charge is 0.249 e. The van der Waals surface area contributed by atoms with Crippen LogP contribution in [0.1, 0.15) is 18.5 Å². The Morgan fingerprint density at radius 1 is 1.15 bits per heavy atom. The molecule has 1 unspecified atom stereocenters. The van der Waals surface area contributed by atoms with E-state index >= 15 is 0 Å². The zero-order valence-electron chi connectivity index (χ0n) is 14.3. The average molecular weight is 357 g/mol. The average Bonchev–Trinajstić information content (AvgIpc) is 3.10. The fraction of sp³-hybridized carbons (Fsp3) is 0.222. The van der Waals surface area contributed by atoms with Crippen molar-refractivity contribution in [1.29, 1.82) is 0 Å². The molecule has 0 aliphatic rings. The van der Waals surface area contributed by atoms with E-state index in [0.29, 0.717) is 11.1 Å². The highest BCUT2D eigenvalue weighted by atomic mass is 19.1. The number of nitrogens with zero attached hydrogens (tertiary/aromatic N) is 5. The number of benzene rings is 2. The minimum Gasteiger partial charge on any atom is -0.340 e. The summed E-state index contributed by atoms with van der Waals surface area (Å²) in [6, 6.07) is 11.2. The maximum Gasteiger partial charge on any atom is 0.249 e. The van der Waals surface area contributed by atoms with Crippen molar-refractivity contribution >= 4 is 5.91 Å². The number of likely N-dealkylation sites (N-methyl/N-ethyl adjacent to an activating group) is 1. The molecule has 3 rings (SSSR count). The minimum atomic E-state index is -0.705. The second-order valence-electron chi connectivity index (χ2n) is 5.94. The number of carbonyl (C=O) groups is 1. The lowest BCUT2D eigenvalue weighted by Gasteiger charge is -2.20. The first kappa shape index (κ1) is 17.7. The van der Waals surface area contributed by atoms with Crippen LogP contribution < -0.4 is 0 Å². The molecule has 8 heteroatoms. The van der Waals surface area contributed by atoms with Crippen molar-refractivity contribution in [3.8, 4) is 11.4 Å². The monoisotopic (exact) mass is 357 g/mol. The Bertz CT molecular complexity index is 927. The van der Waals surface area contributed by atoms with E-state index in [1.807, 2.05) is 0 Å². The summed E-state index contributed by atoms with van der Waals surface area (Å²) in [5.41, 5.74) is 1.16. The number of halogens is 2. The Labute approximate surface area is 149 Å². The minimum absolute atomic E-state index is 0.233. The van der Waals surface area contributed by atoms with Crippen LogP contribution in [0.4, 0.5) is 8.78 Å². The van der Waals surface area contributed by atoms with Gasteiger partial charge in [-0.05, 0) is 42.0 Å². The van der Waals surface area contributed by atoms with E-state index in [1.54, 1.807) is 38.2 Å². The van der Waals surface area contributed by atoms with Gasteiger partial charge in [-0.2, -0.15) is 4.80 Å². The van der Waals surface area contributed by atoms with Gasteiger partial charge in [-0.3, -0.25) is 4.79 Å². The normalized spacial score (nSPS) is 12.0. The molecule has 0 radical (unpaired) electrons. The van der Waals surface area contributed by atoms with Crippen LogP contribution in [0.2, 0.25) is 0 Å². The fourth-order valence-electron chi connectivity index (χ4n) is 2.54. The topological polar surface area (TPSA) is 63.9 Å². The van der Waals surface area contributed by atoms with Gasteiger partial charge < -0.3 is 4.90 Å². The molecule has 6 nitrogen and oxygen atoms in total. The van der Waals surface area contributed by atoms with Crippen LogP contribution in [-0.4, -0.2) is 38.1 Å². The fourth-order valence-corrected chi connectivity index (χ4v) is 2.54. The molecule has 1 amide bonds. The van der Waals surface area contributed by atoms with E-state index in [-0.39, 0.29) is 24.1 Å². The van der Waals surface area contributed by atoms with Gasteiger partial charge in [-0.1, -0.05) is 24.3 Å². The Morgan fingerprint density at radius 3 is 2.54 bits per heavy atom. The Balaban J connectivity index is 1.72. The zero-order chi connectivity index (χ0) is 18.7. The lowest BCUT2D eigenvalue weighted by atomic mass is 10.2. The Kier molecular flexibility index (Phi) is 5.01. The molecule has 0 saturated carbocycles. The Morgan fingerprint density at radius 2 is 1.85 bits per heavy atom. The number of amides is 1. The van der Waals surface area contributed by atoms with Crippen molar-refractivity contribution in [2.75, 3.05) is 7.05 Å². The van der Waals surface area contributed by atoms with Crippen LogP contribution in [0.25, 0.3) is 11.4 Å². The molecule has 0 aliphatic heterocycles. The summed E-state index contributed by atoms with van der Waals surface area (Å²) in [4.78, 5) is 15.2. The maximum atomic E-state index is 13.3. The van der Waals surface area contributed by atoms with E-state index in [9.17, 15) is 13.6 Å². The summed E-state index contributed by atoms with van der Waals surface area (Å²) in [6.45, 7) is 1.90. The molecule has 1 aromatic heterocycles. The van der Waals surface area contributed by atoms with Gasteiger partial charge in [0.05, 0.1) is 0 Å². The van der Waals surface area contributed by atoms with Crippen LogP contribution in [0.3, 0.4) is 0 Å². The van der Waals surface area contributed by atoms with Crippen LogP contribution in [0.15, 0.2) is 48.5 Å². The van der Waals surface area contributed by atoms with Gasteiger partial charge >= 0.3 is 0 Å². The number of aromatic nitrogens is 4. The molecular weight excluding hydrogens is 340 g/mol. The molecule has 0 N–H and O–H groups in total. The maximum absolute atomic E-state index is 13.3. The Hall–Kier alpha value is -3.16. The highest BCUT2D eigenvalue weighted by Gasteiger charge is 2.22. The van der Waals surface area contributed by atoms with Crippen molar-refractivity contribution in [1.82, 2.24) is 25.1 Å². The summed E-state index contributed by atoms with van der Waals surface area (Å²) in [5, 5.41) is 11.9. The van der Waals surface area contributed by atoms with E-state index < -0.39 is 11.9 Å².